The standard InChI is InChI=1S/C25H21N3O5/c1-27-20-10-11-28(14-19(20)22(26-27)25(31)32-2)23(29)17-8-5-7-15(12-17)18-13-16-6-3-4-9-21(16)33-24(18)30/h3-9,12-13H,10-11,14H2,1-2H3. The van der Waals surface area contributed by atoms with Crippen LogP contribution >= 0.6 is 0 Å². The van der Waals surface area contributed by atoms with Gasteiger partial charge < -0.3 is 14.1 Å². The topological polar surface area (TPSA) is 94.6 Å². The summed E-state index contributed by atoms with van der Waals surface area (Å²) < 4.78 is 12.0. The van der Waals surface area contributed by atoms with Gasteiger partial charge in [0.15, 0.2) is 5.69 Å². The second-order valence-electron chi connectivity index (χ2n) is 7.93. The van der Waals surface area contributed by atoms with E-state index < -0.39 is 11.6 Å². The molecule has 1 aliphatic rings. The number of rotatable bonds is 3. The summed E-state index contributed by atoms with van der Waals surface area (Å²) in [5.41, 5.74) is 3.36. The van der Waals surface area contributed by atoms with Crippen molar-refractivity contribution in [1.29, 1.82) is 0 Å². The lowest BCUT2D eigenvalue weighted by atomic mass is 10.0. The minimum absolute atomic E-state index is 0.188. The predicted molar refractivity (Wildman–Crippen MR) is 121 cm³/mol. The molecule has 0 saturated carbocycles. The van der Waals surface area contributed by atoms with Gasteiger partial charge in [-0.15, -0.1) is 0 Å². The van der Waals surface area contributed by atoms with E-state index in [-0.39, 0.29) is 18.1 Å². The van der Waals surface area contributed by atoms with E-state index in [1.807, 2.05) is 18.2 Å². The predicted octanol–water partition coefficient (Wildman–Crippen LogP) is 3.18. The zero-order chi connectivity index (χ0) is 23.1. The van der Waals surface area contributed by atoms with Crippen LogP contribution < -0.4 is 5.63 Å². The number of carbonyl (C=O) groups is 2. The fourth-order valence-electron chi connectivity index (χ4n) is 4.29. The van der Waals surface area contributed by atoms with Crippen LogP contribution in [0, 0.1) is 0 Å². The van der Waals surface area contributed by atoms with E-state index in [0.29, 0.717) is 40.8 Å². The number of ether oxygens (including phenoxy) is 1. The van der Waals surface area contributed by atoms with E-state index in [2.05, 4.69) is 5.10 Å². The van der Waals surface area contributed by atoms with Gasteiger partial charge in [-0.25, -0.2) is 9.59 Å². The SMILES string of the molecule is COC(=O)c1nn(C)c2c1CN(C(=O)c1cccc(-c3cc4ccccc4oc3=O)c1)CC2. The third-order valence-electron chi connectivity index (χ3n) is 5.97. The fraction of sp³-hybridized carbons (Fsp3) is 0.200. The number of carbonyl (C=O) groups excluding carboxylic acids is 2. The summed E-state index contributed by atoms with van der Waals surface area (Å²) in [6.45, 7) is 0.753. The largest absolute Gasteiger partial charge is 0.464 e. The molecule has 3 heterocycles. The van der Waals surface area contributed by atoms with Gasteiger partial charge in [-0.3, -0.25) is 9.48 Å². The molecular weight excluding hydrogens is 422 g/mol. The highest BCUT2D eigenvalue weighted by molar-refractivity contribution is 5.96. The Morgan fingerprint density at radius 2 is 1.91 bits per heavy atom. The third kappa shape index (κ3) is 3.59. The van der Waals surface area contributed by atoms with Crippen molar-refractivity contribution in [3.63, 3.8) is 0 Å². The number of methoxy groups -OCH3 is 1. The summed E-state index contributed by atoms with van der Waals surface area (Å²) in [7, 11) is 3.09. The zero-order valence-corrected chi connectivity index (χ0v) is 18.2. The van der Waals surface area contributed by atoms with Crippen LogP contribution in [0.3, 0.4) is 0 Å². The van der Waals surface area contributed by atoms with Gasteiger partial charge in [-0.1, -0.05) is 30.3 Å². The number of esters is 1. The van der Waals surface area contributed by atoms with Crippen LogP contribution in [0.4, 0.5) is 0 Å². The second-order valence-corrected chi connectivity index (χ2v) is 7.93. The van der Waals surface area contributed by atoms with Crippen molar-refractivity contribution in [2.45, 2.75) is 13.0 Å². The lowest BCUT2D eigenvalue weighted by molar-refractivity contribution is 0.0586. The molecule has 0 unspecified atom stereocenters. The Kier molecular flexibility index (Phi) is 5.05. The minimum atomic E-state index is -0.522. The van der Waals surface area contributed by atoms with Crippen molar-refractivity contribution in [3.8, 4) is 11.1 Å². The number of nitrogens with zero attached hydrogens (tertiary/aromatic N) is 3. The number of aromatic nitrogens is 2. The van der Waals surface area contributed by atoms with E-state index in [9.17, 15) is 14.4 Å². The van der Waals surface area contributed by atoms with E-state index in [0.717, 1.165) is 11.1 Å². The van der Waals surface area contributed by atoms with E-state index in [4.69, 9.17) is 9.15 Å². The Bertz CT molecular complexity index is 1470. The summed E-state index contributed by atoms with van der Waals surface area (Å²) in [4.78, 5) is 39.7. The highest BCUT2D eigenvalue weighted by Crippen LogP contribution is 2.26. The van der Waals surface area contributed by atoms with Crippen molar-refractivity contribution in [2.75, 3.05) is 13.7 Å². The lowest BCUT2D eigenvalue weighted by Gasteiger charge is -2.27. The van der Waals surface area contributed by atoms with E-state index in [1.165, 1.54) is 7.11 Å². The molecule has 166 valence electrons. The van der Waals surface area contributed by atoms with Crippen LogP contribution in [0.25, 0.3) is 22.1 Å². The van der Waals surface area contributed by atoms with E-state index >= 15 is 0 Å². The molecule has 0 spiro atoms. The molecule has 0 fully saturated rings. The third-order valence-corrected chi connectivity index (χ3v) is 5.97. The normalized spacial score (nSPS) is 13.1. The van der Waals surface area contributed by atoms with Crippen molar-refractivity contribution >= 4 is 22.8 Å². The van der Waals surface area contributed by atoms with Crippen LogP contribution in [-0.4, -0.2) is 40.2 Å². The number of amides is 1. The average Bonchev–Trinajstić information content (AvgIpc) is 3.18. The van der Waals surface area contributed by atoms with Crippen molar-refractivity contribution in [3.05, 3.63) is 87.5 Å². The number of hydrogen-bond acceptors (Lipinski definition) is 6. The molecule has 0 aliphatic carbocycles. The fourth-order valence-corrected chi connectivity index (χ4v) is 4.29. The maximum Gasteiger partial charge on any atom is 0.358 e. The summed E-state index contributed by atoms with van der Waals surface area (Å²) in [5, 5.41) is 5.08. The maximum absolute atomic E-state index is 13.3. The Morgan fingerprint density at radius 1 is 1.09 bits per heavy atom. The molecular formula is C25H21N3O5. The molecule has 0 saturated heterocycles. The highest BCUT2D eigenvalue weighted by atomic mass is 16.5. The zero-order valence-electron chi connectivity index (χ0n) is 18.2. The quantitative estimate of drug-likeness (QED) is 0.357. The van der Waals surface area contributed by atoms with Gasteiger partial charge in [0.1, 0.15) is 5.58 Å². The first kappa shape index (κ1) is 20.7. The van der Waals surface area contributed by atoms with Gasteiger partial charge in [0, 0.05) is 42.2 Å². The van der Waals surface area contributed by atoms with Crippen molar-refractivity contribution in [2.24, 2.45) is 7.05 Å². The van der Waals surface area contributed by atoms with Crippen molar-refractivity contribution in [1.82, 2.24) is 14.7 Å². The summed E-state index contributed by atoms with van der Waals surface area (Å²) in [6, 6.07) is 16.0. The first-order valence-electron chi connectivity index (χ1n) is 10.5. The molecule has 4 aromatic rings. The highest BCUT2D eigenvalue weighted by Gasteiger charge is 2.30. The van der Waals surface area contributed by atoms with Crippen LogP contribution in [0.2, 0.25) is 0 Å². The number of para-hydroxylation sites is 1. The molecule has 2 aromatic carbocycles. The van der Waals surface area contributed by atoms with Crippen LogP contribution in [-0.2, 0) is 24.8 Å². The van der Waals surface area contributed by atoms with Gasteiger partial charge in [-0.05, 0) is 29.8 Å². The molecule has 0 radical (unpaired) electrons. The first-order valence-corrected chi connectivity index (χ1v) is 10.5. The number of hydrogen-bond donors (Lipinski definition) is 0. The smallest absolute Gasteiger partial charge is 0.358 e. The Balaban J connectivity index is 1.47. The molecule has 0 N–H and O–H groups in total. The lowest BCUT2D eigenvalue weighted by Crippen LogP contribution is -2.36. The second kappa shape index (κ2) is 8.05. The number of benzene rings is 2. The molecule has 2 aromatic heterocycles. The number of aryl methyl sites for hydroxylation is 1. The Labute approximate surface area is 189 Å². The summed E-state index contributed by atoms with van der Waals surface area (Å²) in [6.07, 6.45) is 0.579. The molecule has 0 bridgehead atoms. The van der Waals surface area contributed by atoms with Gasteiger partial charge in [0.05, 0.1) is 19.2 Å². The van der Waals surface area contributed by atoms with Crippen LogP contribution in [0.1, 0.15) is 32.1 Å². The molecule has 0 atom stereocenters. The molecule has 33 heavy (non-hydrogen) atoms. The minimum Gasteiger partial charge on any atom is -0.464 e. The monoisotopic (exact) mass is 443 g/mol. The molecule has 8 nitrogen and oxygen atoms in total. The van der Waals surface area contributed by atoms with Crippen LogP contribution in [0.15, 0.2) is 63.8 Å². The van der Waals surface area contributed by atoms with Crippen molar-refractivity contribution < 1.29 is 18.7 Å². The first-order chi connectivity index (χ1) is 16.0. The van der Waals surface area contributed by atoms with E-state index in [1.54, 1.807) is 53.0 Å². The average molecular weight is 443 g/mol. The van der Waals surface area contributed by atoms with Gasteiger partial charge in [0.2, 0.25) is 0 Å². The van der Waals surface area contributed by atoms with Gasteiger partial charge >= 0.3 is 11.6 Å². The van der Waals surface area contributed by atoms with Crippen LogP contribution in [0.5, 0.6) is 0 Å². The Hall–Kier alpha value is -4.20. The molecule has 8 heteroatoms. The molecule has 1 amide bonds. The summed E-state index contributed by atoms with van der Waals surface area (Å²) in [5.74, 6) is -0.710. The van der Waals surface area contributed by atoms with Gasteiger partial charge in [-0.2, -0.15) is 5.10 Å². The van der Waals surface area contributed by atoms with Gasteiger partial charge in [0.25, 0.3) is 5.91 Å². The summed E-state index contributed by atoms with van der Waals surface area (Å²) >= 11 is 0. The Morgan fingerprint density at radius 3 is 2.73 bits per heavy atom. The maximum atomic E-state index is 13.3. The number of fused-ring (bicyclic) bond motifs is 2. The molecule has 5 rings (SSSR count). The molecule has 1 aliphatic heterocycles.